The van der Waals surface area contributed by atoms with Crippen LogP contribution in [-0.2, 0) is 0 Å². The number of hydrazone groups is 1. The molecule has 1 fully saturated rings. The first kappa shape index (κ1) is 14.8. The first-order valence-electron chi connectivity index (χ1n) is 6.70. The molecule has 1 aliphatic heterocycles. The number of non-ortho nitro benzene ring substituents is 1. The fourth-order valence-corrected chi connectivity index (χ4v) is 2.35. The molecular weight excluding hydrogens is 274 g/mol. The molecule has 2 amide bonds. The topological polar surface area (TPSA) is 114 Å². The maximum atomic E-state index is 10.9. The third kappa shape index (κ3) is 3.91. The van der Waals surface area contributed by atoms with Crippen LogP contribution in [0.5, 0.6) is 0 Å². The molecule has 8 nitrogen and oxygen atoms in total. The molecule has 1 saturated heterocycles. The molecule has 0 spiro atoms. The second kappa shape index (κ2) is 6.69. The number of urea groups is 1. The molecule has 112 valence electrons. The van der Waals surface area contributed by atoms with Gasteiger partial charge in [0, 0.05) is 36.5 Å². The molecule has 3 N–H and O–H groups in total. The molecule has 21 heavy (non-hydrogen) atoms. The lowest BCUT2D eigenvalue weighted by molar-refractivity contribution is -0.384. The van der Waals surface area contributed by atoms with Gasteiger partial charge in [0.2, 0.25) is 0 Å². The molecule has 0 atom stereocenters. The van der Waals surface area contributed by atoms with Gasteiger partial charge in [-0.3, -0.25) is 10.1 Å². The van der Waals surface area contributed by atoms with Gasteiger partial charge in [-0.05, 0) is 25.3 Å². The summed E-state index contributed by atoms with van der Waals surface area (Å²) < 4.78 is 0. The van der Waals surface area contributed by atoms with E-state index >= 15 is 0 Å². The number of anilines is 1. The van der Waals surface area contributed by atoms with Gasteiger partial charge in [0.15, 0.2) is 0 Å². The molecule has 0 aromatic heterocycles. The van der Waals surface area contributed by atoms with Gasteiger partial charge in [0.25, 0.3) is 5.69 Å². The number of rotatable bonds is 4. The van der Waals surface area contributed by atoms with Crippen molar-refractivity contribution < 1.29 is 9.72 Å². The number of hydrogen-bond acceptors (Lipinski definition) is 5. The number of primary amides is 1. The van der Waals surface area contributed by atoms with E-state index in [1.807, 2.05) is 0 Å². The molecule has 8 heteroatoms. The third-order valence-corrected chi connectivity index (χ3v) is 3.30. The predicted molar refractivity (Wildman–Crippen MR) is 79.5 cm³/mol. The van der Waals surface area contributed by atoms with Gasteiger partial charge in [0.1, 0.15) is 0 Å². The van der Waals surface area contributed by atoms with Crippen LogP contribution < -0.4 is 16.1 Å². The van der Waals surface area contributed by atoms with Crippen LogP contribution in [0.25, 0.3) is 0 Å². The summed E-state index contributed by atoms with van der Waals surface area (Å²) in [4.78, 5) is 23.2. The summed E-state index contributed by atoms with van der Waals surface area (Å²) in [6.45, 7) is 1.81. The van der Waals surface area contributed by atoms with Gasteiger partial charge >= 0.3 is 6.03 Å². The summed E-state index contributed by atoms with van der Waals surface area (Å²) in [5.41, 5.74) is 8.46. The van der Waals surface area contributed by atoms with Crippen LogP contribution >= 0.6 is 0 Å². The van der Waals surface area contributed by atoms with E-state index in [0.717, 1.165) is 31.6 Å². The fourth-order valence-electron chi connectivity index (χ4n) is 2.35. The largest absolute Gasteiger partial charge is 0.371 e. The third-order valence-electron chi connectivity index (χ3n) is 3.30. The van der Waals surface area contributed by atoms with Gasteiger partial charge < -0.3 is 10.6 Å². The molecule has 2 rings (SSSR count). The number of amides is 2. The Kier molecular flexibility index (Phi) is 4.70. The summed E-state index contributed by atoms with van der Waals surface area (Å²) in [6.07, 6.45) is 4.75. The summed E-state index contributed by atoms with van der Waals surface area (Å²) in [6, 6.07) is 3.85. The number of nitrogens with one attached hydrogen (secondary N) is 1. The molecule has 0 unspecified atom stereocenters. The van der Waals surface area contributed by atoms with E-state index in [2.05, 4.69) is 15.4 Å². The Balaban J connectivity index is 2.30. The zero-order chi connectivity index (χ0) is 15.2. The summed E-state index contributed by atoms with van der Waals surface area (Å²) in [5.74, 6) is 0. The Labute approximate surface area is 121 Å². The molecule has 1 aliphatic rings. The lowest BCUT2D eigenvalue weighted by atomic mass is 10.1. The van der Waals surface area contributed by atoms with Crippen LogP contribution in [-0.4, -0.2) is 30.3 Å². The molecule has 0 saturated carbocycles. The highest BCUT2D eigenvalue weighted by Gasteiger charge is 2.16. The number of nitrogens with zero attached hydrogens (tertiary/aromatic N) is 3. The summed E-state index contributed by atoms with van der Waals surface area (Å²) >= 11 is 0. The fraction of sp³-hybridized carbons (Fsp3) is 0.385. The van der Waals surface area contributed by atoms with Gasteiger partial charge in [-0.25, -0.2) is 10.2 Å². The first-order chi connectivity index (χ1) is 10.1. The van der Waals surface area contributed by atoms with E-state index in [4.69, 9.17) is 5.73 Å². The Bertz CT molecular complexity index is 567. The van der Waals surface area contributed by atoms with Crippen molar-refractivity contribution in [1.82, 2.24) is 5.43 Å². The van der Waals surface area contributed by atoms with Crippen molar-refractivity contribution in [1.29, 1.82) is 0 Å². The van der Waals surface area contributed by atoms with Crippen LogP contribution in [0.15, 0.2) is 23.3 Å². The lowest BCUT2D eigenvalue weighted by Gasteiger charge is -2.29. The Morgan fingerprint density at radius 1 is 1.38 bits per heavy atom. The number of nitro benzene ring substituents is 1. The Hall–Kier alpha value is -2.64. The van der Waals surface area contributed by atoms with Gasteiger partial charge in [0.05, 0.1) is 11.1 Å². The van der Waals surface area contributed by atoms with Gasteiger partial charge in [-0.1, -0.05) is 0 Å². The average molecular weight is 291 g/mol. The highest BCUT2D eigenvalue weighted by atomic mass is 16.6. The van der Waals surface area contributed by atoms with Crippen molar-refractivity contribution in [2.24, 2.45) is 10.8 Å². The highest BCUT2D eigenvalue weighted by Crippen LogP contribution is 2.26. The number of nitrogens with two attached hydrogens (primary N) is 1. The van der Waals surface area contributed by atoms with E-state index in [1.165, 1.54) is 24.8 Å². The minimum absolute atomic E-state index is 0.0173. The van der Waals surface area contributed by atoms with Crippen LogP contribution in [0, 0.1) is 10.1 Å². The van der Waals surface area contributed by atoms with Crippen LogP contribution in [0.2, 0.25) is 0 Å². The molecular formula is C13H17N5O3. The molecule has 0 radical (unpaired) electrons. The molecule has 0 bridgehead atoms. The van der Waals surface area contributed by atoms with E-state index in [1.54, 1.807) is 6.07 Å². The Morgan fingerprint density at radius 3 is 2.71 bits per heavy atom. The van der Waals surface area contributed by atoms with Crippen molar-refractivity contribution >= 4 is 23.6 Å². The smallest absolute Gasteiger partial charge is 0.332 e. The quantitative estimate of drug-likeness (QED) is 0.498. The standard InChI is InChI=1S/C13H17N5O3/c14-13(19)16-15-9-10-8-11(18(20)21)4-5-12(10)17-6-2-1-3-7-17/h4-5,8-9H,1-3,6-7H2,(H3,14,16,19)/b15-9+. The number of carbonyl (C=O) groups excluding carboxylic acids is 1. The number of nitro groups is 1. The average Bonchev–Trinajstić information content (AvgIpc) is 2.47. The van der Waals surface area contributed by atoms with Crippen LogP contribution in [0.4, 0.5) is 16.2 Å². The molecule has 0 aliphatic carbocycles. The number of piperidine rings is 1. The van der Waals surface area contributed by atoms with E-state index < -0.39 is 11.0 Å². The van der Waals surface area contributed by atoms with Gasteiger partial charge in [-0.15, -0.1) is 0 Å². The Morgan fingerprint density at radius 2 is 2.10 bits per heavy atom. The summed E-state index contributed by atoms with van der Waals surface area (Å²) in [5, 5.41) is 14.6. The maximum Gasteiger partial charge on any atom is 0.332 e. The zero-order valence-corrected chi connectivity index (χ0v) is 11.5. The molecule has 1 aromatic rings. The van der Waals surface area contributed by atoms with Crippen molar-refractivity contribution in [3.05, 3.63) is 33.9 Å². The highest BCUT2D eigenvalue weighted by molar-refractivity contribution is 5.90. The predicted octanol–water partition coefficient (Wildman–Crippen LogP) is 1.59. The van der Waals surface area contributed by atoms with Crippen molar-refractivity contribution in [2.45, 2.75) is 19.3 Å². The minimum Gasteiger partial charge on any atom is -0.371 e. The second-order valence-corrected chi connectivity index (χ2v) is 4.78. The van der Waals surface area contributed by atoms with Crippen LogP contribution in [0.3, 0.4) is 0 Å². The normalized spacial score (nSPS) is 15.1. The second-order valence-electron chi connectivity index (χ2n) is 4.78. The SMILES string of the molecule is NC(=O)N/N=C/c1cc([N+](=O)[O-])ccc1N1CCCCC1. The van der Waals surface area contributed by atoms with E-state index in [0.29, 0.717) is 5.56 Å². The van der Waals surface area contributed by atoms with Crippen molar-refractivity contribution in [3.63, 3.8) is 0 Å². The first-order valence-corrected chi connectivity index (χ1v) is 6.70. The van der Waals surface area contributed by atoms with E-state index in [9.17, 15) is 14.9 Å². The molecule has 1 aromatic carbocycles. The summed E-state index contributed by atoms with van der Waals surface area (Å²) in [7, 11) is 0. The van der Waals surface area contributed by atoms with Crippen molar-refractivity contribution in [3.8, 4) is 0 Å². The van der Waals surface area contributed by atoms with Crippen LogP contribution in [0.1, 0.15) is 24.8 Å². The minimum atomic E-state index is -0.781. The van der Waals surface area contributed by atoms with Gasteiger partial charge in [-0.2, -0.15) is 5.10 Å². The van der Waals surface area contributed by atoms with Crippen molar-refractivity contribution in [2.75, 3.05) is 18.0 Å². The zero-order valence-electron chi connectivity index (χ0n) is 11.5. The van der Waals surface area contributed by atoms with E-state index in [-0.39, 0.29) is 5.69 Å². The molecule has 1 heterocycles. The number of carbonyl (C=O) groups is 1. The monoisotopic (exact) mass is 291 g/mol. The lowest BCUT2D eigenvalue weighted by Crippen LogP contribution is -2.30. The maximum absolute atomic E-state index is 10.9. The number of hydrogen-bond donors (Lipinski definition) is 2. The number of benzene rings is 1.